The van der Waals surface area contributed by atoms with Crippen LogP contribution in [0.1, 0.15) is 57.7 Å². The third kappa shape index (κ3) is 3.69. The molecule has 0 aliphatic carbocycles. The van der Waals surface area contributed by atoms with E-state index in [1.54, 1.807) is 0 Å². The minimum absolute atomic E-state index is 0.0297. The van der Waals surface area contributed by atoms with Crippen molar-refractivity contribution in [1.29, 1.82) is 0 Å². The molecule has 4 heterocycles. The van der Waals surface area contributed by atoms with E-state index in [-0.39, 0.29) is 29.8 Å². The number of carbonyl (C=O) groups excluding carboxylic acids is 2. The third-order valence-corrected chi connectivity index (χ3v) is 6.65. The van der Waals surface area contributed by atoms with Gasteiger partial charge in [0.2, 0.25) is 11.8 Å². The van der Waals surface area contributed by atoms with Crippen LogP contribution in [0, 0.1) is 11.8 Å². The Hall–Kier alpha value is -1.89. The van der Waals surface area contributed by atoms with Gasteiger partial charge in [-0.1, -0.05) is 13.8 Å². The lowest BCUT2D eigenvalue weighted by atomic mass is 9.72. The van der Waals surface area contributed by atoms with Crippen molar-refractivity contribution in [3.63, 3.8) is 0 Å². The van der Waals surface area contributed by atoms with E-state index < -0.39 is 0 Å². The Morgan fingerprint density at radius 2 is 2.18 bits per heavy atom. The second-order valence-electron chi connectivity index (χ2n) is 8.90. The van der Waals surface area contributed by atoms with Gasteiger partial charge in [-0.2, -0.15) is 0 Å². The lowest BCUT2D eigenvalue weighted by Gasteiger charge is -2.53. The Kier molecular flexibility index (Phi) is 5.71. The molecular weight excluding hydrogens is 354 g/mol. The summed E-state index contributed by atoms with van der Waals surface area (Å²) in [6, 6.07) is -0.0677. The van der Waals surface area contributed by atoms with Crippen molar-refractivity contribution in [3.8, 4) is 0 Å². The van der Waals surface area contributed by atoms with Gasteiger partial charge in [0.1, 0.15) is 11.9 Å². The molecule has 3 fully saturated rings. The standard InChI is InChI=1S/C21H33N5O2/c1-14(2)20-23-8-10-25(20)9-4-7-24-21(28)19-16-11-15(12-22-13-16)17-5-3-6-18(27)26(17)19/h8,10,14-17,19,22H,3-7,9,11-13H2,1-2H3,(H,24,28)/t15-,16+,17+,19-/m1/s1. The third-order valence-electron chi connectivity index (χ3n) is 6.65. The fourth-order valence-corrected chi connectivity index (χ4v) is 5.43. The van der Waals surface area contributed by atoms with E-state index in [4.69, 9.17) is 0 Å². The number of hydrogen-bond acceptors (Lipinski definition) is 4. The minimum atomic E-state index is -0.304. The average Bonchev–Trinajstić information content (AvgIpc) is 3.15. The summed E-state index contributed by atoms with van der Waals surface area (Å²) in [6.45, 7) is 7.56. The molecule has 3 aliphatic rings. The number of aromatic nitrogens is 2. The molecule has 0 aromatic carbocycles. The van der Waals surface area contributed by atoms with Gasteiger partial charge in [0.05, 0.1) is 0 Å². The first-order valence-electron chi connectivity index (χ1n) is 10.9. The van der Waals surface area contributed by atoms with E-state index in [9.17, 15) is 9.59 Å². The summed E-state index contributed by atoms with van der Waals surface area (Å²) in [5, 5.41) is 6.62. The number of imidazole rings is 1. The number of fused-ring (bicyclic) bond motifs is 4. The summed E-state index contributed by atoms with van der Waals surface area (Å²) in [4.78, 5) is 32.1. The van der Waals surface area contributed by atoms with Gasteiger partial charge in [0.15, 0.2) is 0 Å². The van der Waals surface area contributed by atoms with Crippen LogP contribution in [0.4, 0.5) is 0 Å². The van der Waals surface area contributed by atoms with Crippen molar-refractivity contribution in [1.82, 2.24) is 25.1 Å². The molecule has 0 unspecified atom stereocenters. The van der Waals surface area contributed by atoms with Crippen LogP contribution in [0.3, 0.4) is 0 Å². The highest BCUT2D eigenvalue weighted by Crippen LogP contribution is 2.39. The van der Waals surface area contributed by atoms with Crippen LogP contribution in [-0.4, -0.2) is 58.0 Å². The van der Waals surface area contributed by atoms with Crippen LogP contribution in [0.15, 0.2) is 12.4 Å². The van der Waals surface area contributed by atoms with Crippen LogP contribution in [0.5, 0.6) is 0 Å². The molecule has 2 N–H and O–H groups in total. The summed E-state index contributed by atoms with van der Waals surface area (Å²) in [5.41, 5.74) is 0. The molecule has 4 rings (SSSR count). The predicted molar refractivity (Wildman–Crippen MR) is 107 cm³/mol. The zero-order chi connectivity index (χ0) is 19.7. The Balaban J connectivity index is 1.36. The molecule has 1 aromatic rings. The van der Waals surface area contributed by atoms with Gasteiger partial charge < -0.3 is 20.1 Å². The van der Waals surface area contributed by atoms with Crippen molar-refractivity contribution >= 4 is 11.8 Å². The molecule has 1 aromatic heterocycles. The molecule has 2 amide bonds. The Labute approximate surface area is 167 Å². The molecular formula is C21H33N5O2. The van der Waals surface area contributed by atoms with E-state index in [2.05, 4.69) is 34.0 Å². The molecule has 7 heteroatoms. The van der Waals surface area contributed by atoms with Gasteiger partial charge in [-0.05, 0) is 38.1 Å². The highest BCUT2D eigenvalue weighted by molar-refractivity contribution is 5.89. The SMILES string of the molecule is CC(C)c1nccn1CCCNC(=O)[C@H]1[C@@H]2CNC[C@@H](C2)[C@@H]2CCCC(=O)N21. The highest BCUT2D eigenvalue weighted by Gasteiger charge is 2.50. The summed E-state index contributed by atoms with van der Waals surface area (Å²) in [5.74, 6) is 2.41. The molecule has 3 saturated heterocycles. The summed E-state index contributed by atoms with van der Waals surface area (Å²) in [6.07, 6.45) is 8.34. The van der Waals surface area contributed by atoms with E-state index in [1.807, 2.05) is 17.3 Å². The van der Waals surface area contributed by atoms with E-state index in [1.165, 1.54) is 0 Å². The molecule has 2 bridgehead atoms. The van der Waals surface area contributed by atoms with Gasteiger partial charge in [0, 0.05) is 56.3 Å². The molecule has 0 spiro atoms. The maximum atomic E-state index is 13.1. The maximum Gasteiger partial charge on any atom is 0.243 e. The highest BCUT2D eigenvalue weighted by atomic mass is 16.2. The maximum absolute atomic E-state index is 13.1. The molecule has 3 aliphatic heterocycles. The number of rotatable bonds is 6. The zero-order valence-corrected chi connectivity index (χ0v) is 17.1. The van der Waals surface area contributed by atoms with E-state index in [0.717, 1.165) is 51.1 Å². The average molecular weight is 388 g/mol. The molecule has 28 heavy (non-hydrogen) atoms. The number of hydrogen-bond donors (Lipinski definition) is 2. The number of nitrogens with one attached hydrogen (secondary N) is 2. The largest absolute Gasteiger partial charge is 0.354 e. The monoisotopic (exact) mass is 387 g/mol. The molecule has 154 valence electrons. The fourth-order valence-electron chi connectivity index (χ4n) is 5.43. The van der Waals surface area contributed by atoms with Crippen molar-refractivity contribution in [2.75, 3.05) is 19.6 Å². The first-order chi connectivity index (χ1) is 13.6. The first-order valence-corrected chi connectivity index (χ1v) is 10.9. The van der Waals surface area contributed by atoms with Gasteiger partial charge in [-0.25, -0.2) is 4.98 Å². The van der Waals surface area contributed by atoms with Crippen LogP contribution < -0.4 is 10.6 Å². The number of amides is 2. The Bertz CT molecular complexity index is 715. The summed E-state index contributed by atoms with van der Waals surface area (Å²) < 4.78 is 2.16. The normalized spacial score (nSPS) is 29.7. The first kappa shape index (κ1) is 19.4. The van der Waals surface area contributed by atoms with Gasteiger partial charge in [-0.15, -0.1) is 0 Å². The van der Waals surface area contributed by atoms with E-state index >= 15 is 0 Å². The van der Waals surface area contributed by atoms with Crippen molar-refractivity contribution in [3.05, 3.63) is 18.2 Å². The lowest BCUT2D eigenvalue weighted by molar-refractivity contribution is -0.157. The molecule has 7 nitrogen and oxygen atoms in total. The Morgan fingerprint density at radius 3 is 3.00 bits per heavy atom. The molecule has 4 atom stereocenters. The fraction of sp³-hybridized carbons (Fsp3) is 0.762. The van der Waals surface area contributed by atoms with Crippen LogP contribution in [-0.2, 0) is 16.1 Å². The lowest BCUT2D eigenvalue weighted by Crippen LogP contribution is -2.68. The van der Waals surface area contributed by atoms with Crippen LogP contribution >= 0.6 is 0 Å². The Morgan fingerprint density at radius 1 is 1.36 bits per heavy atom. The van der Waals surface area contributed by atoms with Gasteiger partial charge in [-0.3, -0.25) is 9.59 Å². The second-order valence-corrected chi connectivity index (χ2v) is 8.90. The summed E-state index contributed by atoms with van der Waals surface area (Å²) in [7, 11) is 0. The van der Waals surface area contributed by atoms with Crippen molar-refractivity contribution in [2.24, 2.45) is 11.8 Å². The molecule has 0 saturated carbocycles. The molecule has 0 radical (unpaired) electrons. The summed E-state index contributed by atoms with van der Waals surface area (Å²) >= 11 is 0. The van der Waals surface area contributed by atoms with Gasteiger partial charge in [0.25, 0.3) is 0 Å². The topological polar surface area (TPSA) is 79.3 Å². The number of carbonyl (C=O) groups is 2. The number of aryl methyl sites for hydroxylation is 1. The predicted octanol–water partition coefficient (Wildman–Crippen LogP) is 1.50. The smallest absolute Gasteiger partial charge is 0.243 e. The second kappa shape index (κ2) is 8.23. The number of piperidine rings is 3. The minimum Gasteiger partial charge on any atom is -0.354 e. The van der Waals surface area contributed by atoms with Crippen molar-refractivity contribution < 1.29 is 9.59 Å². The van der Waals surface area contributed by atoms with Crippen molar-refractivity contribution in [2.45, 2.75) is 70.5 Å². The quantitative estimate of drug-likeness (QED) is 0.725. The van der Waals surface area contributed by atoms with Crippen LogP contribution in [0.25, 0.3) is 0 Å². The zero-order valence-electron chi connectivity index (χ0n) is 17.1. The van der Waals surface area contributed by atoms with Gasteiger partial charge >= 0.3 is 0 Å². The number of nitrogens with zero attached hydrogens (tertiary/aromatic N) is 3. The van der Waals surface area contributed by atoms with Crippen LogP contribution in [0.2, 0.25) is 0 Å². The van der Waals surface area contributed by atoms with E-state index in [0.29, 0.717) is 24.8 Å².